The summed E-state index contributed by atoms with van der Waals surface area (Å²) >= 11 is 1.78. The van der Waals surface area contributed by atoms with E-state index in [0.717, 1.165) is 0 Å². The van der Waals surface area contributed by atoms with Crippen LogP contribution >= 0.6 is 11.3 Å². The van der Waals surface area contributed by atoms with Gasteiger partial charge in [-0.05, 0) is 41.7 Å². The molecule has 0 unspecified atom stereocenters. The lowest BCUT2D eigenvalue weighted by Gasteiger charge is -1.90. The smallest absolute Gasteiger partial charge is 0.00613 e. The minimum Gasteiger partial charge on any atom is -0.152 e. The van der Waals surface area contributed by atoms with Crippen LogP contribution in [0.2, 0.25) is 0 Å². The van der Waals surface area contributed by atoms with Gasteiger partial charge in [0.2, 0.25) is 0 Å². The fraction of sp³-hybridized carbons (Fsp3) is 0.375. The van der Waals surface area contributed by atoms with Crippen LogP contribution in [-0.2, 0) is 6.42 Å². The molecule has 0 saturated heterocycles. The highest BCUT2D eigenvalue weighted by Crippen LogP contribution is 2.08. The van der Waals surface area contributed by atoms with E-state index >= 15 is 0 Å². The van der Waals surface area contributed by atoms with Gasteiger partial charge in [0.1, 0.15) is 0 Å². The van der Waals surface area contributed by atoms with Crippen LogP contribution in [0.1, 0.15) is 18.9 Å². The van der Waals surface area contributed by atoms with Crippen molar-refractivity contribution in [1.29, 1.82) is 0 Å². The van der Waals surface area contributed by atoms with Gasteiger partial charge in [0, 0.05) is 0 Å². The Hall–Kier alpha value is -0.300. The second-order valence-electron chi connectivity index (χ2n) is 2.08. The average molecular weight is 139 g/mol. The Bertz CT molecular complexity index is 142. The lowest BCUT2D eigenvalue weighted by molar-refractivity contribution is 0.941. The summed E-state index contributed by atoms with van der Waals surface area (Å²) in [7, 11) is 0. The Kier molecular flexibility index (Phi) is 2.78. The molecule has 0 aromatic carbocycles. The molecule has 0 bridgehead atoms. The molecular formula is C8H11S. The van der Waals surface area contributed by atoms with Gasteiger partial charge in [0.25, 0.3) is 0 Å². The molecular weight excluding hydrogens is 128 g/mol. The average Bonchev–Trinajstić information content (AvgIpc) is 2.34. The summed E-state index contributed by atoms with van der Waals surface area (Å²) in [6, 6.07) is 2.19. The van der Waals surface area contributed by atoms with Crippen LogP contribution < -0.4 is 0 Å². The number of hydrogen-bond donors (Lipinski definition) is 0. The topological polar surface area (TPSA) is 0 Å². The van der Waals surface area contributed by atoms with Crippen LogP contribution in [0, 0.1) is 6.42 Å². The summed E-state index contributed by atoms with van der Waals surface area (Å²) in [6.45, 7) is 2.10. The summed E-state index contributed by atoms with van der Waals surface area (Å²) in [6.07, 6.45) is 4.62. The van der Waals surface area contributed by atoms with E-state index in [4.69, 9.17) is 0 Å². The van der Waals surface area contributed by atoms with Gasteiger partial charge < -0.3 is 0 Å². The van der Waals surface area contributed by atoms with Crippen molar-refractivity contribution in [1.82, 2.24) is 0 Å². The molecule has 0 N–H and O–H groups in total. The van der Waals surface area contributed by atoms with Gasteiger partial charge in [-0.3, -0.25) is 0 Å². The van der Waals surface area contributed by atoms with Crippen LogP contribution in [0.5, 0.6) is 0 Å². The predicted octanol–water partition coefficient (Wildman–Crippen LogP) is 2.90. The van der Waals surface area contributed by atoms with Crippen molar-refractivity contribution >= 4 is 11.3 Å². The van der Waals surface area contributed by atoms with E-state index in [1.54, 1.807) is 11.3 Å². The van der Waals surface area contributed by atoms with Crippen LogP contribution in [0.15, 0.2) is 16.8 Å². The van der Waals surface area contributed by atoms with Gasteiger partial charge in [-0.25, -0.2) is 0 Å². The van der Waals surface area contributed by atoms with E-state index in [0.29, 0.717) is 0 Å². The molecule has 0 spiro atoms. The Labute approximate surface area is 60.5 Å². The molecule has 0 amide bonds. The van der Waals surface area contributed by atoms with Crippen LogP contribution in [0.3, 0.4) is 0 Å². The molecule has 0 saturated carbocycles. The van der Waals surface area contributed by atoms with Crippen molar-refractivity contribution in [3.63, 3.8) is 0 Å². The lowest BCUT2D eigenvalue weighted by Crippen LogP contribution is -1.78. The maximum atomic E-state index is 2.21. The number of unbranched alkanes of at least 4 members (excludes halogenated alkanes) is 1. The maximum absolute atomic E-state index is 2.21. The van der Waals surface area contributed by atoms with Crippen LogP contribution in [-0.4, -0.2) is 0 Å². The summed E-state index contributed by atoms with van der Waals surface area (Å²) in [5.41, 5.74) is 1.47. The molecule has 1 heteroatoms. The molecule has 1 aromatic rings. The minimum atomic E-state index is 1.21. The minimum absolute atomic E-state index is 1.21. The Morgan fingerprint density at radius 1 is 1.67 bits per heavy atom. The molecule has 49 valence electrons. The first-order valence-electron chi connectivity index (χ1n) is 3.22. The Morgan fingerprint density at radius 3 is 3.11 bits per heavy atom. The van der Waals surface area contributed by atoms with Gasteiger partial charge >= 0.3 is 0 Å². The molecule has 0 aliphatic carbocycles. The van der Waals surface area contributed by atoms with Gasteiger partial charge in [0.15, 0.2) is 0 Å². The number of thiophene rings is 1. The molecule has 1 rings (SSSR count). The van der Waals surface area contributed by atoms with E-state index in [-0.39, 0.29) is 0 Å². The third-order valence-corrected chi connectivity index (χ3v) is 2.03. The standard InChI is InChI=1S/C8H11S/c1-2-3-4-8-5-6-9-7-8/h2,5-7H,3-4H2,1H3. The lowest BCUT2D eigenvalue weighted by atomic mass is 10.2. The zero-order valence-corrected chi connectivity index (χ0v) is 6.45. The van der Waals surface area contributed by atoms with E-state index in [2.05, 4.69) is 30.2 Å². The fourth-order valence-corrected chi connectivity index (χ4v) is 1.45. The van der Waals surface area contributed by atoms with E-state index in [1.165, 1.54) is 18.4 Å². The van der Waals surface area contributed by atoms with E-state index in [1.807, 2.05) is 0 Å². The molecule has 1 radical (unpaired) electrons. The zero-order valence-electron chi connectivity index (χ0n) is 5.63. The summed E-state index contributed by atoms with van der Waals surface area (Å²) in [5, 5.41) is 4.34. The summed E-state index contributed by atoms with van der Waals surface area (Å²) in [4.78, 5) is 0. The summed E-state index contributed by atoms with van der Waals surface area (Å²) < 4.78 is 0. The summed E-state index contributed by atoms with van der Waals surface area (Å²) in [5.74, 6) is 0. The van der Waals surface area contributed by atoms with Crippen molar-refractivity contribution in [3.8, 4) is 0 Å². The second-order valence-corrected chi connectivity index (χ2v) is 2.86. The third-order valence-electron chi connectivity index (χ3n) is 1.30. The van der Waals surface area contributed by atoms with E-state index in [9.17, 15) is 0 Å². The Morgan fingerprint density at radius 2 is 2.56 bits per heavy atom. The van der Waals surface area contributed by atoms with Crippen LogP contribution in [0.25, 0.3) is 0 Å². The van der Waals surface area contributed by atoms with Gasteiger partial charge in [0.05, 0.1) is 0 Å². The highest BCUT2D eigenvalue weighted by Gasteiger charge is 1.89. The van der Waals surface area contributed by atoms with Gasteiger partial charge in [-0.1, -0.05) is 6.92 Å². The first kappa shape index (κ1) is 6.81. The highest BCUT2D eigenvalue weighted by atomic mass is 32.1. The molecule has 0 aliphatic heterocycles. The normalized spacial score (nSPS) is 9.89. The van der Waals surface area contributed by atoms with Crippen molar-refractivity contribution in [2.45, 2.75) is 19.8 Å². The van der Waals surface area contributed by atoms with Crippen molar-refractivity contribution in [3.05, 3.63) is 28.8 Å². The molecule has 1 aromatic heterocycles. The first-order valence-corrected chi connectivity index (χ1v) is 4.16. The first-order chi connectivity index (χ1) is 4.43. The van der Waals surface area contributed by atoms with Crippen molar-refractivity contribution in [2.75, 3.05) is 0 Å². The van der Waals surface area contributed by atoms with Gasteiger partial charge in [-0.15, -0.1) is 0 Å². The third kappa shape index (κ3) is 2.19. The zero-order chi connectivity index (χ0) is 6.53. The number of rotatable bonds is 3. The SMILES string of the molecule is C[CH]CCc1ccsc1. The number of hydrogen-bond acceptors (Lipinski definition) is 1. The second kappa shape index (κ2) is 3.67. The van der Waals surface area contributed by atoms with Crippen molar-refractivity contribution < 1.29 is 0 Å². The molecule has 0 nitrogen and oxygen atoms in total. The molecule has 0 fully saturated rings. The predicted molar refractivity (Wildman–Crippen MR) is 42.6 cm³/mol. The highest BCUT2D eigenvalue weighted by molar-refractivity contribution is 7.07. The maximum Gasteiger partial charge on any atom is -0.00613 e. The van der Waals surface area contributed by atoms with Crippen molar-refractivity contribution in [2.24, 2.45) is 0 Å². The fourth-order valence-electron chi connectivity index (χ4n) is 0.746. The Balaban J connectivity index is 2.30. The quantitative estimate of drug-likeness (QED) is 0.604. The number of aryl methyl sites for hydroxylation is 1. The molecule has 0 aliphatic rings. The van der Waals surface area contributed by atoms with Gasteiger partial charge in [-0.2, -0.15) is 11.3 Å². The van der Waals surface area contributed by atoms with Crippen LogP contribution in [0.4, 0.5) is 0 Å². The van der Waals surface area contributed by atoms with E-state index < -0.39 is 0 Å². The largest absolute Gasteiger partial charge is 0.152 e. The molecule has 1 heterocycles. The molecule has 9 heavy (non-hydrogen) atoms. The monoisotopic (exact) mass is 139 g/mol. The molecule has 0 atom stereocenters.